The standard InChI is InChI=1S/C13H18F3N3O.2ClH/c14-13(15,16)12-2-1-10(7-18-12)8-19-5-6-20-11(9-19)3-4-17;;/h1-2,7,11H,3-6,8-9,17H2;2*1H. The molecule has 0 saturated carbocycles. The predicted molar refractivity (Wildman–Crippen MR) is 82.4 cm³/mol. The van der Waals surface area contributed by atoms with E-state index in [1.807, 2.05) is 0 Å². The van der Waals surface area contributed by atoms with Crippen molar-refractivity contribution in [2.24, 2.45) is 5.73 Å². The van der Waals surface area contributed by atoms with Crippen LogP contribution in [0.15, 0.2) is 18.3 Å². The van der Waals surface area contributed by atoms with Crippen molar-refractivity contribution in [1.29, 1.82) is 0 Å². The lowest BCUT2D eigenvalue weighted by Crippen LogP contribution is -2.42. The first-order chi connectivity index (χ1) is 9.49. The second kappa shape index (κ2) is 9.52. The summed E-state index contributed by atoms with van der Waals surface area (Å²) in [6, 6.07) is 2.50. The quantitative estimate of drug-likeness (QED) is 0.894. The second-order valence-electron chi connectivity index (χ2n) is 4.85. The van der Waals surface area contributed by atoms with Gasteiger partial charge in [0.05, 0.1) is 12.7 Å². The van der Waals surface area contributed by atoms with E-state index in [4.69, 9.17) is 10.5 Å². The second-order valence-corrected chi connectivity index (χ2v) is 4.85. The maximum Gasteiger partial charge on any atom is 0.433 e. The molecule has 1 aromatic rings. The third kappa shape index (κ3) is 6.26. The van der Waals surface area contributed by atoms with Gasteiger partial charge in [-0.1, -0.05) is 6.07 Å². The van der Waals surface area contributed by atoms with E-state index in [2.05, 4.69) is 9.88 Å². The molecule has 1 aliphatic heterocycles. The molecule has 4 nitrogen and oxygen atoms in total. The average molecular weight is 362 g/mol. The number of pyridine rings is 1. The highest BCUT2D eigenvalue weighted by Crippen LogP contribution is 2.27. The Balaban J connectivity index is 0.00000220. The highest BCUT2D eigenvalue weighted by atomic mass is 35.5. The summed E-state index contributed by atoms with van der Waals surface area (Å²) in [7, 11) is 0. The van der Waals surface area contributed by atoms with Gasteiger partial charge in [0.25, 0.3) is 0 Å². The van der Waals surface area contributed by atoms with E-state index in [9.17, 15) is 13.2 Å². The fourth-order valence-corrected chi connectivity index (χ4v) is 2.23. The van der Waals surface area contributed by atoms with Gasteiger partial charge in [-0.25, -0.2) is 0 Å². The van der Waals surface area contributed by atoms with Crippen LogP contribution in [0, 0.1) is 0 Å². The zero-order chi connectivity index (χ0) is 14.6. The smallest absolute Gasteiger partial charge is 0.376 e. The minimum atomic E-state index is -4.39. The number of ether oxygens (including phenoxy) is 1. The van der Waals surface area contributed by atoms with Gasteiger partial charge in [-0.3, -0.25) is 9.88 Å². The summed E-state index contributed by atoms with van der Waals surface area (Å²) in [6.07, 6.45) is -2.20. The van der Waals surface area contributed by atoms with Crippen molar-refractivity contribution in [1.82, 2.24) is 9.88 Å². The van der Waals surface area contributed by atoms with Gasteiger partial charge in [-0.05, 0) is 24.6 Å². The lowest BCUT2D eigenvalue weighted by molar-refractivity contribution is -0.141. The molecular formula is C13H20Cl2F3N3O. The molecule has 0 radical (unpaired) electrons. The summed E-state index contributed by atoms with van der Waals surface area (Å²) in [5, 5.41) is 0. The average Bonchev–Trinajstić information content (AvgIpc) is 2.39. The maximum atomic E-state index is 12.4. The summed E-state index contributed by atoms with van der Waals surface area (Å²) in [5.41, 5.74) is 5.41. The zero-order valence-electron chi connectivity index (χ0n) is 11.9. The van der Waals surface area contributed by atoms with Gasteiger partial charge in [-0.2, -0.15) is 13.2 Å². The lowest BCUT2D eigenvalue weighted by Gasteiger charge is -2.32. The van der Waals surface area contributed by atoms with Crippen molar-refractivity contribution in [3.63, 3.8) is 0 Å². The van der Waals surface area contributed by atoms with Crippen molar-refractivity contribution >= 4 is 24.8 Å². The molecule has 0 amide bonds. The number of hydrogen-bond acceptors (Lipinski definition) is 4. The molecule has 1 aliphatic rings. The number of aromatic nitrogens is 1. The van der Waals surface area contributed by atoms with E-state index >= 15 is 0 Å². The summed E-state index contributed by atoms with van der Waals surface area (Å²) in [6.45, 7) is 3.29. The molecule has 0 aromatic carbocycles. The number of rotatable bonds is 4. The zero-order valence-corrected chi connectivity index (χ0v) is 13.5. The Kier molecular flexibility index (Phi) is 9.26. The number of nitrogens with zero attached hydrogens (tertiary/aromatic N) is 2. The van der Waals surface area contributed by atoms with Crippen molar-refractivity contribution in [3.05, 3.63) is 29.6 Å². The third-order valence-corrected chi connectivity index (χ3v) is 3.23. The Morgan fingerprint density at radius 3 is 2.59 bits per heavy atom. The normalized spacial score (nSPS) is 19.2. The molecule has 1 unspecified atom stereocenters. The van der Waals surface area contributed by atoms with Crippen molar-refractivity contribution in [2.75, 3.05) is 26.2 Å². The fourth-order valence-electron chi connectivity index (χ4n) is 2.23. The van der Waals surface area contributed by atoms with Crippen LogP contribution < -0.4 is 5.73 Å². The number of alkyl halides is 3. The van der Waals surface area contributed by atoms with Gasteiger partial charge in [0.15, 0.2) is 0 Å². The van der Waals surface area contributed by atoms with Gasteiger partial charge in [-0.15, -0.1) is 24.8 Å². The van der Waals surface area contributed by atoms with E-state index in [1.165, 1.54) is 12.3 Å². The van der Waals surface area contributed by atoms with Crippen LogP contribution in [0.1, 0.15) is 17.7 Å². The fraction of sp³-hybridized carbons (Fsp3) is 0.615. The van der Waals surface area contributed by atoms with Crippen molar-refractivity contribution < 1.29 is 17.9 Å². The van der Waals surface area contributed by atoms with Gasteiger partial charge in [0.1, 0.15) is 5.69 Å². The number of morpholine rings is 1. The van der Waals surface area contributed by atoms with Crippen LogP contribution in [-0.2, 0) is 17.5 Å². The molecule has 2 heterocycles. The molecule has 1 aromatic heterocycles. The van der Waals surface area contributed by atoms with Crippen LogP contribution in [0.3, 0.4) is 0 Å². The summed E-state index contributed by atoms with van der Waals surface area (Å²) in [5.74, 6) is 0. The molecule has 0 aliphatic carbocycles. The Morgan fingerprint density at radius 1 is 1.32 bits per heavy atom. The molecule has 9 heteroatoms. The first-order valence-electron chi connectivity index (χ1n) is 6.55. The molecule has 2 N–H and O–H groups in total. The van der Waals surface area contributed by atoms with Crippen LogP contribution >= 0.6 is 24.8 Å². The lowest BCUT2D eigenvalue weighted by atomic mass is 10.1. The molecule has 1 fully saturated rings. The molecule has 128 valence electrons. The predicted octanol–water partition coefficient (Wildman–Crippen LogP) is 2.49. The third-order valence-electron chi connectivity index (χ3n) is 3.23. The van der Waals surface area contributed by atoms with E-state index in [0.29, 0.717) is 19.7 Å². The Labute approximate surface area is 140 Å². The minimum absolute atomic E-state index is 0. The maximum absolute atomic E-state index is 12.4. The SMILES string of the molecule is Cl.Cl.NCCC1CN(Cc2ccc(C(F)(F)F)nc2)CCO1. The Morgan fingerprint density at radius 2 is 2.05 bits per heavy atom. The van der Waals surface area contributed by atoms with Crippen molar-refractivity contribution in [2.45, 2.75) is 25.2 Å². The molecule has 1 saturated heterocycles. The first kappa shape index (κ1) is 21.4. The largest absolute Gasteiger partial charge is 0.433 e. The van der Waals surface area contributed by atoms with E-state index in [0.717, 1.165) is 31.1 Å². The molecule has 0 bridgehead atoms. The van der Waals surface area contributed by atoms with Crippen LogP contribution in [0.25, 0.3) is 0 Å². The number of nitrogens with two attached hydrogens (primary N) is 1. The van der Waals surface area contributed by atoms with Gasteiger partial charge in [0, 0.05) is 25.8 Å². The summed E-state index contributed by atoms with van der Waals surface area (Å²) in [4.78, 5) is 5.61. The Hall–Kier alpha value is -0.600. The van der Waals surface area contributed by atoms with Crippen LogP contribution in [0.5, 0.6) is 0 Å². The molecule has 0 spiro atoms. The van der Waals surface area contributed by atoms with Gasteiger partial charge >= 0.3 is 6.18 Å². The monoisotopic (exact) mass is 361 g/mol. The summed E-state index contributed by atoms with van der Waals surface area (Å²) < 4.78 is 42.8. The molecule has 2 rings (SSSR count). The summed E-state index contributed by atoms with van der Waals surface area (Å²) >= 11 is 0. The highest BCUT2D eigenvalue weighted by molar-refractivity contribution is 5.85. The number of hydrogen-bond donors (Lipinski definition) is 1. The molecule has 22 heavy (non-hydrogen) atoms. The Bertz CT molecular complexity index is 430. The number of halogens is 5. The molecule has 1 atom stereocenters. The van der Waals surface area contributed by atoms with Crippen LogP contribution in [-0.4, -0.2) is 42.2 Å². The van der Waals surface area contributed by atoms with Crippen LogP contribution in [0.4, 0.5) is 13.2 Å². The van der Waals surface area contributed by atoms with E-state index < -0.39 is 11.9 Å². The van der Waals surface area contributed by atoms with Gasteiger partial charge < -0.3 is 10.5 Å². The molecular weight excluding hydrogens is 342 g/mol. The van der Waals surface area contributed by atoms with Gasteiger partial charge in [0.2, 0.25) is 0 Å². The minimum Gasteiger partial charge on any atom is -0.376 e. The van der Waals surface area contributed by atoms with Crippen LogP contribution in [0.2, 0.25) is 0 Å². The van der Waals surface area contributed by atoms with E-state index in [-0.39, 0.29) is 30.9 Å². The highest BCUT2D eigenvalue weighted by Gasteiger charge is 2.32. The first-order valence-corrected chi connectivity index (χ1v) is 6.55. The topological polar surface area (TPSA) is 51.4 Å². The van der Waals surface area contributed by atoms with Crippen molar-refractivity contribution in [3.8, 4) is 0 Å². The van der Waals surface area contributed by atoms with E-state index in [1.54, 1.807) is 0 Å².